The van der Waals surface area contributed by atoms with Crippen LogP contribution in [0.15, 0.2) is 39.4 Å². The van der Waals surface area contributed by atoms with Crippen LogP contribution in [0.1, 0.15) is 19.5 Å². The summed E-state index contributed by atoms with van der Waals surface area (Å²) in [5.41, 5.74) is 0.678. The van der Waals surface area contributed by atoms with Gasteiger partial charge in [-0.25, -0.2) is 26.5 Å². The molecule has 10 heteroatoms. The lowest BCUT2D eigenvalue weighted by molar-refractivity contribution is 0.556. The third-order valence-corrected chi connectivity index (χ3v) is 6.96. The smallest absolute Gasteiger partial charge is 0.255 e. The van der Waals surface area contributed by atoms with E-state index in [1.54, 1.807) is 12.3 Å². The van der Waals surface area contributed by atoms with E-state index in [-0.39, 0.29) is 27.4 Å². The summed E-state index contributed by atoms with van der Waals surface area (Å²) in [6, 6.07) is 5.48. The van der Waals surface area contributed by atoms with Crippen LogP contribution in [0.25, 0.3) is 0 Å². The van der Waals surface area contributed by atoms with Gasteiger partial charge in [-0.1, -0.05) is 26.0 Å². The second kappa shape index (κ2) is 7.18. The van der Waals surface area contributed by atoms with Gasteiger partial charge < -0.3 is 0 Å². The summed E-state index contributed by atoms with van der Waals surface area (Å²) in [6.07, 6.45) is 0. The van der Waals surface area contributed by atoms with Crippen molar-refractivity contribution in [1.82, 2.24) is 9.71 Å². The number of rotatable bonds is 7. The average Bonchev–Trinajstić information content (AvgIpc) is 2.90. The summed E-state index contributed by atoms with van der Waals surface area (Å²) in [6.45, 7) is 5.67. The fourth-order valence-corrected chi connectivity index (χ4v) is 5.81. The molecule has 0 spiro atoms. The SMILES string of the molecule is Cc1csc(NS(=O)(=O)c2ccccc2S(=O)(=O)NCC(C)C)n1. The van der Waals surface area contributed by atoms with Gasteiger partial charge in [-0.3, -0.25) is 4.72 Å². The minimum atomic E-state index is -4.07. The molecule has 1 aromatic carbocycles. The molecule has 0 amide bonds. The normalized spacial score (nSPS) is 12.5. The van der Waals surface area contributed by atoms with Gasteiger partial charge >= 0.3 is 0 Å². The molecule has 0 radical (unpaired) electrons. The first-order valence-electron chi connectivity index (χ1n) is 7.15. The molecule has 0 saturated carbocycles. The van der Waals surface area contributed by atoms with Gasteiger partial charge in [-0.15, -0.1) is 11.3 Å². The predicted octanol–water partition coefficient (Wildman–Crippen LogP) is 2.19. The van der Waals surface area contributed by atoms with Crippen molar-refractivity contribution in [2.45, 2.75) is 30.6 Å². The van der Waals surface area contributed by atoms with E-state index in [0.29, 0.717) is 5.69 Å². The maximum absolute atomic E-state index is 12.6. The molecule has 1 aromatic heterocycles. The average molecular weight is 390 g/mol. The van der Waals surface area contributed by atoms with Crippen LogP contribution < -0.4 is 9.44 Å². The first-order valence-corrected chi connectivity index (χ1v) is 11.0. The molecule has 0 aliphatic heterocycles. The zero-order valence-electron chi connectivity index (χ0n) is 13.5. The number of nitrogens with one attached hydrogen (secondary N) is 2. The second-order valence-electron chi connectivity index (χ2n) is 5.59. The maximum atomic E-state index is 12.6. The number of sulfonamides is 2. The lowest BCUT2D eigenvalue weighted by Gasteiger charge is -2.13. The number of aryl methyl sites for hydroxylation is 1. The number of benzene rings is 1. The van der Waals surface area contributed by atoms with Crippen LogP contribution in [0.2, 0.25) is 0 Å². The molecule has 1 heterocycles. The molecular formula is C14H19N3O4S3. The van der Waals surface area contributed by atoms with Crippen molar-refractivity contribution < 1.29 is 16.8 Å². The van der Waals surface area contributed by atoms with Gasteiger partial charge in [0.2, 0.25) is 10.0 Å². The Kier molecular flexibility index (Phi) is 5.63. The first-order chi connectivity index (χ1) is 11.1. The van der Waals surface area contributed by atoms with Gasteiger partial charge in [0, 0.05) is 11.9 Å². The minimum Gasteiger partial charge on any atom is -0.255 e. The van der Waals surface area contributed by atoms with Crippen LogP contribution in [-0.2, 0) is 20.0 Å². The molecule has 2 rings (SSSR count). The van der Waals surface area contributed by atoms with Crippen molar-refractivity contribution in [2.24, 2.45) is 5.92 Å². The summed E-state index contributed by atoms with van der Waals surface area (Å²) in [7, 11) is -8.02. The number of thiazole rings is 1. The molecule has 24 heavy (non-hydrogen) atoms. The Bertz CT molecular complexity index is 918. The molecule has 132 valence electrons. The quantitative estimate of drug-likeness (QED) is 0.755. The van der Waals surface area contributed by atoms with Crippen molar-refractivity contribution in [3.05, 3.63) is 35.3 Å². The van der Waals surface area contributed by atoms with E-state index >= 15 is 0 Å². The van der Waals surface area contributed by atoms with E-state index in [1.807, 2.05) is 13.8 Å². The van der Waals surface area contributed by atoms with E-state index in [2.05, 4.69) is 14.4 Å². The monoisotopic (exact) mass is 389 g/mol. The fourth-order valence-electron chi connectivity index (χ4n) is 1.82. The van der Waals surface area contributed by atoms with E-state index < -0.39 is 20.0 Å². The van der Waals surface area contributed by atoms with Crippen molar-refractivity contribution >= 4 is 36.5 Å². The standard InChI is InChI=1S/C14H19N3O4S3/c1-10(2)8-15-23(18,19)12-6-4-5-7-13(12)24(20,21)17-14-16-11(3)9-22-14/h4-7,9-10,15H,8H2,1-3H3,(H,16,17). The number of anilines is 1. The highest BCUT2D eigenvalue weighted by molar-refractivity contribution is 7.94. The highest BCUT2D eigenvalue weighted by Gasteiger charge is 2.26. The van der Waals surface area contributed by atoms with Crippen LogP contribution in [0.3, 0.4) is 0 Å². The lowest BCUT2D eigenvalue weighted by Crippen LogP contribution is -2.29. The molecule has 2 aromatic rings. The van der Waals surface area contributed by atoms with Crippen molar-refractivity contribution in [3.63, 3.8) is 0 Å². The van der Waals surface area contributed by atoms with Gasteiger partial charge in [-0.2, -0.15) is 0 Å². The molecular weight excluding hydrogens is 370 g/mol. The first kappa shape index (κ1) is 18.8. The summed E-state index contributed by atoms with van der Waals surface area (Å²) < 4.78 is 54.8. The molecule has 7 nitrogen and oxygen atoms in total. The molecule has 2 N–H and O–H groups in total. The Balaban J connectivity index is 2.41. The highest BCUT2D eigenvalue weighted by Crippen LogP contribution is 2.24. The van der Waals surface area contributed by atoms with Gasteiger partial charge in [0.05, 0.1) is 5.69 Å². The van der Waals surface area contributed by atoms with Crippen molar-refractivity contribution in [3.8, 4) is 0 Å². The molecule has 0 saturated heterocycles. The van der Waals surface area contributed by atoms with Crippen molar-refractivity contribution in [1.29, 1.82) is 0 Å². The summed E-state index contributed by atoms with van der Waals surface area (Å²) in [5.74, 6) is 0.0972. The third kappa shape index (κ3) is 4.53. The van der Waals surface area contributed by atoms with E-state index in [9.17, 15) is 16.8 Å². The Morgan fingerprint density at radius 1 is 1.08 bits per heavy atom. The maximum Gasteiger partial charge on any atom is 0.265 e. The van der Waals surface area contributed by atoms with Crippen LogP contribution in [0, 0.1) is 12.8 Å². The van der Waals surface area contributed by atoms with Gasteiger partial charge in [0.25, 0.3) is 10.0 Å². The second-order valence-corrected chi connectivity index (χ2v) is 9.84. The topological polar surface area (TPSA) is 105 Å². The summed E-state index contributed by atoms with van der Waals surface area (Å²) in [5, 5.41) is 1.89. The zero-order valence-corrected chi connectivity index (χ0v) is 15.9. The number of hydrogen-bond acceptors (Lipinski definition) is 6. The highest BCUT2D eigenvalue weighted by atomic mass is 32.2. The summed E-state index contributed by atoms with van der Waals surface area (Å²) >= 11 is 1.13. The van der Waals surface area contributed by atoms with Gasteiger partial charge in [-0.05, 0) is 25.0 Å². The van der Waals surface area contributed by atoms with Crippen LogP contribution >= 0.6 is 11.3 Å². The Hall–Kier alpha value is -1.49. The molecule has 0 aliphatic carbocycles. The number of hydrogen-bond donors (Lipinski definition) is 2. The molecule has 0 fully saturated rings. The summed E-state index contributed by atoms with van der Waals surface area (Å²) in [4.78, 5) is 3.44. The molecule has 0 aliphatic rings. The van der Waals surface area contributed by atoms with E-state index in [4.69, 9.17) is 0 Å². The van der Waals surface area contributed by atoms with Crippen molar-refractivity contribution in [2.75, 3.05) is 11.3 Å². The largest absolute Gasteiger partial charge is 0.265 e. The van der Waals surface area contributed by atoms with Gasteiger partial charge in [0.15, 0.2) is 5.13 Å². The lowest BCUT2D eigenvalue weighted by atomic mass is 10.2. The Morgan fingerprint density at radius 3 is 2.17 bits per heavy atom. The van der Waals surface area contributed by atoms with Crippen LogP contribution in [0.4, 0.5) is 5.13 Å². The fraction of sp³-hybridized carbons (Fsp3) is 0.357. The third-order valence-electron chi connectivity index (χ3n) is 2.95. The number of aromatic nitrogens is 1. The Labute approximate surface area is 146 Å². The minimum absolute atomic E-state index is 0.0972. The van der Waals surface area contributed by atoms with E-state index in [0.717, 1.165) is 11.3 Å². The van der Waals surface area contributed by atoms with E-state index in [1.165, 1.54) is 24.3 Å². The zero-order chi connectivity index (χ0) is 18.0. The molecule has 0 bridgehead atoms. The molecule has 0 atom stereocenters. The van der Waals surface area contributed by atoms with Gasteiger partial charge in [0.1, 0.15) is 9.79 Å². The molecule has 0 unspecified atom stereocenters. The van der Waals surface area contributed by atoms with Crippen LogP contribution in [-0.4, -0.2) is 28.4 Å². The predicted molar refractivity (Wildman–Crippen MR) is 94.1 cm³/mol. The number of nitrogens with zero attached hydrogens (tertiary/aromatic N) is 1. The Morgan fingerprint density at radius 2 is 1.67 bits per heavy atom. The van der Waals surface area contributed by atoms with Crippen LogP contribution in [0.5, 0.6) is 0 Å².